The number of allylic oxidation sites excluding steroid dienone is 4. The number of aliphatic hydroxyl groups is 2. The van der Waals surface area contributed by atoms with E-state index in [1.54, 1.807) is 6.08 Å². The first-order valence-electron chi connectivity index (χ1n) is 33.3. The third-order valence-corrected chi connectivity index (χ3v) is 15.4. The van der Waals surface area contributed by atoms with Crippen LogP contribution < -0.4 is 5.32 Å². The van der Waals surface area contributed by atoms with Gasteiger partial charge in [0.15, 0.2) is 0 Å². The molecule has 0 rings (SSSR count). The van der Waals surface area contributed by atoms with Gasteiger partial charge in [0.25, 0.3) is 0 Å². The summed E-state index contributed by atoms with van der Waals surface area (Å²) in [6.45, 7) is 4.82. The fourth-order valence-electron chi connectivity index (χ4n) is 10.4. The van der Waals surface area contributed by atoms with E-state index in [9.17, 15) is 19.8 Å². The van der Waals surface area contributed by atoms with Crippen LogP contribution in [0.5, 0.6) is 0 Å². The fraction of sp³-hybridized carbons (Fsp3) is 0.882. The number of ether oxygens (including phenoxy) is 1. The van der Waals surface area contributed by atoms with E-state index >= 15 is 0 Å². The molecular weight excluding hydrogens is 911 g/mol. The Labute approximate surface area is 462 Å². The van der Waals surface area contributed by atoms with Gasteiger partial charge in [0.05, 0.1) is 25.4 Å². The second-order valence-corrected chi connectivity index (χ2v) is 22.8. The minimum atomic E-state index is -0.850. The number of hydrogen-bond donors (Lipinski definition) is 3. The van der Waals surface area contributed by atoms with Gasteiger partial charge in [0.2, 0.25) is 5.91 Å². The smallest absolute Gasteiger partial charge is 0.305 e. The van der Waals surface area contributed by atoms with E-state index in [0.29, 0.717) is 19.4 Å². The molecule has 0 saturated heterocycles. The van der Waals surface area contributed by atoms with Crippen molar-refractivity contribution in [3.63, 3.8) is 0 Å². The van der Waals surface area contributed by atoms with Crippen LogP contribution in [-0.4, -0.2) is 47.4 Å². The highest BCUT2D eigenvalue weighted by Gasteiger charge is 2.18. The topological polar surface area (TPSA) is 95.9 Å². The zero-order valence-electron chi connectivity index (χ0n) is 49.8. The number of unbranched alkanes of at least 4 members (excludes halogenated alkanes) is 47. The standard InChI is InChI=1S/C68H129NO5/c1-3-5-7-9-11-13-15-17-18-19-20-21-22-23-25-28-31-34-37-40-44-48-52-56-60-66(71)65(64-70)69-67(72)61-57-53-49-45-41-38-35-32-29-26-24-27-30-33-36-39-43-47-51-55-59-63-74-68(73)62-58-54-50-46-42-16-14-12-10-8-6-4-2/h39,43,51,55-56,60,65-66,70-71H,3-38,40-42,44-50,52-54,57-59,61-64H2,1-2H3,(H,69,72)/b43-39-,55-51-,60-56+. The summed E-state index contributed by atoms with van der Waals surface area (Å²) in [4.78, 5) is 24.5. The van der Waals surface area contributed by atoms with Gasteiger partial charge in [-0.25, -0.2) is 0 Å². The minimum absolute atomic E-state index is 0.0347. The van der Waals surface area contributed by atoms with Gasteiger partial charge in [0.1, 0.15) is 0 Å². The Bertz CT molecular complexity index is 1200. The van der Waals surface area contributed by atoms with Crippen LogP contribution in [0.15, 0.2) is 36.5 Å². The molecule has 0 aliphatic rings. The van der Waals surface area contributed by atoms with Crippen LogP contribution >= 0.6 is 0 Å². The molecule has 0 aromatic carbocycles. The highest BCUT2D eigenvalue weighted by atomic mass is 16.5. The average Bonchev–Trinajstić information content (AvgIpc) is 3.40. The molecule has 2 unspecified atom stereocenters. The molecule has 0 saturated carbocycles. The minimum Gasteiger partial charge on any atom is -0.465 e. The number of esters is 1. The second-order valence-electron chi connectivity index (χ2n) is 22.8. The predicted octanol–water partition coefficient (Wildman–Crippen LogP) is 21.1. The summed E-state index contributed by atoms with van der Waals surface area (Å²) in [7, 11) is 0. The quantitative estimate of drug-likeness (QED) is 0.0320. The highest BCUT2D eigenvalue weighted by molar-refractivity contribution is 5.76. The van der Waals surface area contributed by atoms with Crippen LogP contribution in [0.1, 0.15) is 361 Å². The lowest BCUT2D eigenvalue weighted by atomic mass is 10.0. The first kappa shape index (κ1) is 72.1. The van der Waals surface area contributed by atoms with Crippen LogP contribution in [0, 0.1) is 0 Å². The van der Waals surface area contributed by atoms with Gasteiger partial charge in [-0.3, -0.25) is 9.59 Å². The molecule has 6 nitrogen and oxygen atoms in total. The molecule has 0 aromatic rings. The van der Waals surface area contributed by atoms with Crippen LogP contribution in [0.25, 0.3) is 0 Å². The molecule has 0 radical (unpaired) electrons. The van der Waals surface area contributed by atoms with E-state index in [0.717, 1.165) is 51.4 Å². The summed E-state index contributed by atoms with van der Waals surface area (Å²) in [5.41, 5.74) is 0. The van der Waals surface area contributed by atoms with Crippen molar-refractivity contribution < 1.29 is 24.5 Å². The molecule has 0 heterocycles. The lowest BCUT2D eigenvalue weighted by molar-refractivity contribution is -0.143. The van der Waals surface area contributed by atoms with Crippen molar-refractivity contribution in [3.05, 3.63) is 36.5 Å². The fourth-order valence-corrected chi connectivity index (χ4v) is 10.4. The number of carbonyl (C=O) groups is 2. The zero-order valence-corrected chi connectivity index (χ0v) is 49.8. The number of nitrogens with one attached hydrogen (secondary N) is 1. The Morgan fingerprint density at radius 2 is 0.676 bits per heavy atom. The molecule has 6 heteroatoms. The molecule has 0 fully saturated rings. The van der Waals surface area contributed by atoms with Gasteiger partial charge in [-0.15, -0.1) is 0 Å². The Hall–Kier alpha value is -1.92. The van der Waals surface area contributed by atoms with E-state index in [1.165, 1.54) is 283 Å². The van der Waals surface area contributed by atoms with Crippen LogP contribution in [-0.2, 0) is 14.3 Å². The normalized spacial score (nSPS) is 12.8. The van der Waals surface area contributed by atoms with Crippen molar-refractivity contribution in [1.29, 1.82) is 0 Å². The van der Waals surface area contributed by atoms with Crippen LogP contribution in [0.3, 0.4) is 0 Å². The maximum Gasteiger partial charge on any atom is 0.305 e. The van der Waals surface area contributed by atoms with Gasteiger partial charge in [-0.2, -0.15) is 0 Å². The SMILES string of the molecule is CCCCCCCCCCCCCCCCCCCCCCCC/C=C/C(O)C(CO)NC(=O)CCCCCCCCCCCCCCCC/C=C\C/C=C\CCOC(=O)CCCCCCCCCCCCCC. The van der Waals surface area contributed by atoms with Gasteiger partial charge >= 0.3 is 5.97 Å². The number of aliphatic hydroxyl groups excluding tert-OH is 2. The molecule has 74 heavy (non-hydrogen) atoms. The van der Waals surface area contributed by atoms with Crippen LogP contribution in [0.4, 0.5) is 0 Å². The summed E-state index contributed by atoms with van der Waals surface area (Å²) < 4.78 is 5.41. The monoisotopic (exact) mass is 1040 g/mol. The van der Waals surface area contributed by atoms with Crippen molar-refractivity contribution in [3.8, 4) is 0 Å². The van der Waals surface area contributed by atoms with E-state index in [1.807, 2.05) is 6.08 Å². The Morgan fingerprint density at radius 1 is 0.378 bits per heavy atom. The molecule has 2 atom stereocenters. The predicted molar refractivity (Wildman–Crippen MR) is 324 cm³/mol. The van der Waals surface area contributed by atoms with E-state index in [2.05, 4.69) is 43.5 Å². The molecule has 3 N–H and O–H groups in total. The highest BCUT2D eigenvalue weighted by Crippen LogP contribution is 2.18. The summed E-state index contributed by atoms with van der Waals surface area (Å²) in [5.74, 6) is -0.104. The summed E-state index contributed by atoms with van der Waals surface area (Å²) >= 11 is 0. The molecular formula is C68H129NO5. The van der Waals surface area contributed by atoms with Gasteiger partial charge in [-0.1, -0.05) is 333 Å². The van der Waals surface area contributed by atoms with E-state index in [-0.39, 0.29) is 18.5 Å². The molecule has 0 aromatic heterocycles. The number of carbonyl (C=O) groups excluding carboxylic acids is 2. The van der Waals surface area contributed by atoms with Crippen molar-refractivity contribution in [1.82, 2.24) is 5.32 Å². The van der Waals surface area contributed by atoms with Gasteiger partial charge in [0, 0.05) is 12.8 Å². The Kier molecular flexibility index (Phi) is 62.0. The lowest BCUT2D eigenvalue weighted by Crippen LogP contribution is -2.45. The van der Waals surface area contributed by atoms with Crippen molar-refractivity contribution in [2.45, 2.75) is 373 Å². The van der Waals surface area contributed by atoms with E-state index in [4.69, 9.17) is 4.74 Å². The second kappa shape index (κ2) is 63.6. The Balaban J connectivity index is 3.48. The molecule has 0 spiro atoms. The third-order valence-electron chi connectivity index (χ3n) is 15.4. The molecule has 436 valence electrons. The van der Waals surface area contributed by atoms with E-state index < -0.39 is 12.1 Å². The third kappa shape index (κ3) is 59.3. The molecule has 1 amide bonds. The molecule has 0 bridgehead atoms. The maximum atomic E-state index is 12.5. The van der Waals surface area contributed by atoms with Crippen LogP contribution in [0.2, 0.25) is 0 Å². The average molecular weight is 1040 g/mol. The van der Waals surface area contributed by atoms with Crippen molar-refractivity contribution in [2.24, 2.45) is 0 Å². The van der Waals surface area contributed by atoms with Crippen molar-refractivity contribution >= 4 is 11.9 Å². The number of rotatable bonds is 62. The molecule has 0 aliphatic heterocycles. The first-order valence-corrected chi connectivity index (χ1v) is 33.3. The summed E-state index contributed by atoms with van der Waals surface area (Å²) in [5, 5.41) is 23.2. The van der Waals surface area contributed by atoms with Gasteiger partial charge in [-0.05, 0) is 51.4 Å². The maximum absolute atomic E-state index is 12.5. The summed E-state index contributed by atoms with van der Waals surface area (Å²) in [6, 6.07) is -0.633. The molecule has 0 aliphatic carbocycles. The Morgan fingerprint density at radius 3 is 1.03 bits per heavy atom. The number of amides is 1. The first-order chi connectivity index (χ1) is 36.5. The summed E-state index contributed by atoms with van der Waals surface area (Å²) in [6.07, 6.45) is 80.7. The van der Waals surface area contributed by atoms with Crippen molar-refractivity contribution in [2.75, 3.05) is 13.2 Å². The largest absolute Gasteiger partial charge is 0.465 e. The zero-order chi connectivity index (χ0) is 53.6. The number of hydrogen-bond acceptors (Lipinski definition) is 5. The van der Waals surface area contributed by atoms with Gasteiger partial charge < -0.3 is 20.3 Å². The lowest BCUT2D eigenvalue weighted by Gasteiger charge is -2.20.